The number of fused-ring (bicyclic) bond motifs is 1. The molecule has 96 valence electrons. The molecule has 0 amide bonds. The summed E-state index contributed by atoms with van der Waals surface area (Å²) in [5.41, 5.74) is 1.70. The van der Waals surface area contributed by atoms with E-state index in [1.54, 1.807) is 13.1 Å². The van der Waals surface area contributed by atoms with Crippen LogP contribution in [-0.4, -0.2) is 17.6 Å². The number of carbonyl (C=O) groups is 1. The lowest BCUT2D eigenvalue weighted by Crippen LogP contribution is -2.04. The van der Waals surface area contributed by atoms with Crippen molar-refractivity contribution in [3.05, 3.63) is 34.2 Å². The number of halogens is 2. The predicted octanol–water partition coefficient (Wildman–Crippen LogP) is 3.57. The van der Waals surface area contributed by atoms with Crippen molar-refractivity contribution in [3.63, 3.8) is 0 Å². The number of hydrogen-bond acceptors (Lipinski definition) is 2. The molecule has 18 heavy (non-hydrogen) atoms. The highest BCUT2D eigenvalue weighted by atomic mass is 79.9. The SMILES string of the molecule is CCOC(=O)CCc1c[nH]c2cc(F)cc(Br)c12. The zero-order valence-electron chi connectivity index (χ0n) is 9.93. The number of hydrogen-bond donors (Lipinski definition) is 1. The standard InChI is InChI=1S/C13H13BrFNO2/c1-2-18-12(17)4-3-8-7-16-11-6-9(15)5-10(14)13(8)11/h5-7,16H,2-4H2,1H3. The summed E-state index contributed by atoms with van der Waals surface area (Å²) in [5, 5.41) is 0.917. The van der Waals surface area contributed by atoms with Gasteiger partial charge in [-0.15, -0.1) is 0 Å². The molecular weight excluding hydrogens is 301 g/mol. The van der Waals surface area contributed by atoms with E-state index in [1.165, 1.54) is 12.1 Å². The zero-order chi connectivity index (χ0) is 13.1. The molecule has 0 fully saturated rings. The molecule has 1 aromatic carbocycles. The summed E-state index contributed by atoms with van der Waals surface area (Å²) >= 11 is 3.34. The molecule has 5 heteroatoms. The molecule has 0 bridgehead atoms. The van der Waals surface area contributed by atoms with E-state index in [1.807, 2.05) is 0 Å². The molecule has 0 saturated carbocycles. The molecule has 0 radical (unpaired) electrons. The average molecular weight is 314 g/mol. The maximum absolute atomic E-state index is 13.2. The van der Waals surface area contributed by atoms with Gasteiger partial charge < -0.3 is 9.72 Å². The van der Waals surface area contributed by atoms with Crippen LogP contribution in [0.1, 0.15) is 18.9 Å². The number of aromatic nitrogens is 1. The van der Waals surface area contributed by atoms with E-state index in [2.05, 4.69) is 20.9 Å². The Labute approximate surface area is 112 Å². The van der Waals surface area contributed by atoms with Gasteiger partial charge in [-0.2, -0.15) is 0 Å². The fourth-order valence-electron chi connectivity index (χ4n) is 1.92. The van der Waals surface area contributed by atoms with Gasteiger partial charge in [-0.25, -0.2) is 4.39 Å². The van der Waals surface area contributed by atoms with Gasteiger partial charge in [-0.05, 0) is 47.0 Å². The summed E-state index contributed by atoms with van der Waals surface area (Å²) in [4.78, 5) is 14.3. The van der Waals surface area contributed by atoms with Gasteiger partial charge in [0.1, 0.15) is 5.82 Å². The summed E-state index contributed by atoms with van der Waals surface area (Å²) in [6, 6.07) is 2.86. The smallest absolute Gasteiger partial charge is 0.306 e. The number of benzene rings is 1. The Balaban J connectivity index is 2.22. The van der Waals surface area contributed by atoms with E-state index in [0.29, 0.717) is 23.9 Å². The molecule has 1 aromatic heterocycles. The third-order valence-electron chi connectivity index (χ3n) is 2.68. The highest BCUT2D eigenvalue weighted by Crippen LogP contribution is 2.29. The normalized spacial score (nSPS) is 10.8. The molecule has 0 saturated heterocycles. The Morgan fingerprint density at radius 3 is 3.00 bits per heavy atom. The Hall–Kier alpha value is -1.36. The van der Waals surface area contributed by atoms with Gasteiger partial charge in [0.2, 0.25) is 0 Å². The molecule has 1 heterocycles. The number of aryl methyl sites for hydroxylation is 1. The van der Waals surface area contributed by atoms with Gasteiger partial charge in [0.05, 0.1) is 6.61 Å². The molecule has 0 aliphatic carbocycles. The Kier molecular flexibility index (Phi) is 4.01. The lowest BCUT2D eigenvalue weighted by Gasteiger charge is -2.02. The second-order valence-electron chi connectivity index (χ2n) is 3.93. The molecular formula is C13H13BrFNO2. The molecule has 1 N–H and O–H groups in total. The number of aromatic amines is 1. The highest BCUT2D eigenvalue weighted by Gasteiger charge is 2.11. The largest absolute Gasteiger partial charge is 0.466 e. The van der Waals surface area contributed by atoms with Crippen molar-refractivity contribution in [3.8, 4) is 0 Å². The van der Waals surface area contributed by atoms with Crippen molar-refractivity contribution in [1.82, 2.24) is 4.98 Å². The van der Waals surface area contributed by atoms with E-state index < -0.39 is 0 Å². The Bertz CT molecular complexity index is 580. The highest BCUT2D eigenvalue weighted by molar-refractivity contribution is 9.10. The fraction of sp³-hybridized carbons (Fsp3) is 0.308. The predicted molar refractivity (Wildman–Crippen MR) is 70.9 cm³/mol. The number of carbonyl (C=O) groups excluding carboxylic acids is 1. The Morgan fingerprint density at radius 2 is 2.28 bits per heavy atom. The summed E-state index contributed by atoms with van der Waals surface area (Å²) in [7, 11) is 0. The number of esters is 1. The molecule has 0 unspecified atom stereocenters. The number of H-pyrrole nitrogens is 1. The van der Waals surface area contributed by atoms with Crippen molar-refractivity contribution < 1.29 is 13.9 Å². The molecule has 0 aliphatic heterocycles. The second-order valence-corrected chi connectivity index (χ2v) is 4.78. The van der Waals surface area contributed by atoms with Crippen molar-refractivity contribution in [2.24, 2.45) is 0 Å². The van der Waals surface area contributed by atoms with Crippen LogP contribution in [0.15, 0.2) is 22.8 Å². The summed E-state index contributed by atoms with van der Waals surface area (Å²) in [6.07, 6.45) is 2.70. The molecule has 2 rings (SSSR count). The van der Waals surface area contributed by atoms with Crippen LogP contribution in [0.3, 0.4) is 0 Å². The van der Waals surface area contributed by atoms with Crippen LogP contribution in [0.25, 0.3) is 10.9 Å². The van der Waals surface area contributed by atoms with E-state index in [-0.39, 0.29) is 11.8 Å². The van der Waals surface area contributed by atoms with Crippen LogP contribution in [0.2, 0.25) is 0 Å². The third-order valence-corrected chi connectivity index (χ3v) is 3.31. The van der Waals surface area contributed by atoms with Crippen molar-refractivity contribution in [1.29, 1.82) is 0 Å². The average Bonchev–Trinajstić information content (AvgIpc) is 2.70. The van der Waals surface area contributed by atoms with Crippen LogP contribution in [0.5, 0.6) is 0 Å². The van der Waals surface area contributed by atoms with E-state index in [9.17, 15) is 9.18 Å². The van der Waals surface area contributed by atoms with E-state index >= 15 is 0 Å². The first-order valence-electron chi connectivity index (χ1n) is 5.72. The van der Waals surface area contributed by atoms with E-state index in [4.69, 9.17) is 4.74 Å². The summed E-state index contributed by atoms with van der Waals surface area (Å²) < 4.78 is 18.8. The summed E-state index contributed by atoms with van der Waals surface area (Å²) in [6.45, 7) is 2.17. The monoisotopic (exact) mass is 313 g/mol. The molecule has 3 nitrogen and oxygen atoms in total. The third kappa shape index (κ3) is 2.72. The number of rotatable bonds is 4. The summed E-state index contributed by atoms with van der Waals surface area (Å²) in [5.74, 6) is -0.516. The second kappa shape index (κ2) is 5.52. The first kappa shape index (κ1) is 13.1. The minimum absolute atomic E-state index is 0.218. The minimum atomic E-state index is -0.298. The first-order chi connectivity index (χ1) is 8.61. The molecule has 0 spiro atoms. The van der Waals surface area contributed by atoms with Crippen LogP contribution in [0.4, 0.5) is 4.39 Å². The fourth-order valence-corrected chi connectivity index (χ4v) is 2.60. The Morgan fingerprint density at radius 1 is 1.50 bits per heavy atom. The van der Waals surface area contributed by atoms with Crippen molar-refractivity contribution >= 4 is 32.8 Å². The minimum Gasteiger partial charge on any atom is -0.466 e. The van der Waals surface area contributed by atoms with Gasteiger partial charge in [0.15, 0.2) is 0 Å². The molecule has 0 aliphatic rings. The van der Waals surface area contributed by atoms with Crippen LogP contribution >= 0.6 is 15.9 Å². The van der Waals surface area contributed by atoms with Crippen molar-refractivity contribution in [2.45, 2.75) is 19.8 Å². The maximum Gasteiger partial charge on any atom is 0.306 e. The van der Waals surface area contributed by atoms with Gasteiger partial charge in [0, 0.05) is 28.0 Å². The number of ether oxygens (including phenoxy) is 1. The topological polar surface area (TPSA) is 42.1 Å². The van der Waals surface area contributed by atoms with Gasteiger partial charge >= 0.3 is 5.97 Å². The van der Waals surface area contributed by atoms with Gasteiger partial charge in [-0.1, -0.05) is 0 Å². The lowest BCUT2D eigenvalue weighted by atomic mass is 10.1. The lowest BCUT2D eigenvalue weighted by molar-refractivity contribution is -0.143. The van der Waals surface area contributed by atoms with E-state index in [0.717, 1.165) is 16.5 Å². The maximum atomic E-state index is 13.2. The quantitative estimate of drug-likeness (QED) is 0.877. The number of nitrogens with one attached hydrogen (secondary N) is 1. The first-order valence-corrected chi connectivity index (χ1v) is 6.51. The molecule has 2 aromatic rings. The van der Waals surface area contributed by atoms with Crippen LogP contribution < -0.4 is 0 Å². The van der Waals surface area contributed by atoms with Gasteiger partial charge in [-0.3, -0.25) is 4.79 Å². The van der Waals surface area contributed by atoms with Crippen molar-refractivity contribution in [2.75, 3.05) is 6.61 Å². The van der Waals surface area contributed by atoms with Crippen LogP contribution in [0, 0.1) is 5.82 Å². The van der Waals surface area contributed by atoms with Gasteiger partial charge in [0.25, 0.3) is 0 Å². The van der Waals surface area contributed by atoms with Crippen LogP contribution in [-0.2, 0) is 16.0 Å². The zero-order valence-corrected chi connectivity index (χ0v) is 11.5. The molecule has 0 atom stereocenters.